The van der Waals surface area contributed by atoms with Gasteiger partial charge in [0.1, 0.15) is 11.4 Å². The number of rotatable bonds is 2. The van der Waals surface area contributed by atoms with Crippen LogP contribution in [0.1, 0.15) is 89.9 Å². The first-order valence-corrected chi connectivity index (χ1v) is 26.9. The van der Waals surface area contributed by atoms with E-state index < -0.39 is 4.92 Å². The fraction of sp³-hybridized carbons (Fsp3) is 0.270. The van der Waals surface area contributed by atoms with E-state index in [1.54, 1.807) is 38.6 Å². The van der Waals surface area contributed by atoms with Crippen LogP contribution >= 0.6 is 50.7 Å². The first-order chi connectivity index (χ1) is 37.3. The van der Waals surface area contributed by atoms with Gasteiger partial charge in [-0.25, -0.2) is 0 Å². The van der Waals surface area contributed by atoms with Crippen LogP contribution in [0, 0.1) is 121 Å². The summed E-state index contributed by atoms with van der Waals surface area (Å²) in [5, 5.41) is 12.3. The van der Waals surface area contributed by atoms with Crippen molar-refractivity contribution in [2.24, 2.45) is 0 Å². The summed E-state index contributed by atoms with van der Waals surface area (Å²) in [6.45, 7) is 32.0. The van der Waals surface area contributed by atoms with Crippen LogP contribution in [0.3, 0.4) is 0 Å². The molecule has 16 heteroatoms. The van der Waals surface area contributed by atoms with Gasteiger partial charge in [-0.1, -0.05) is 53.0 Å². The zero-order valence-corrected chi connectivity index (χ0v) is 52.5. The molecule has 0 aliphatic heterocycles. The highest BCUT2D eigenvalue weighted by Gasteiger charge is 2.08. The maximum Gasteiger partial charge on any atom is 0.290 e. The highest BCUT2D eigenvalue weighted by molar-refractivity contribution is 9.10. The van der Waals surface area contributed by atoms with E-state index in [9.17, 15) is 10.1 Å². The van der Waals surface area contributed by atoms with Gasteiger partial charge in [-0.15, -0.1) is 0 Å². The molecule has 1 aromatic carbocycles. The summed E-state index contributed by atoms with van der Waals surface area (Å²) >= 11 is 20.5. The lowest BCUT2D eigenvalue weighted by Crippen LogP contribution is -1.95. The summed E-state index contributed by atoms with van der Waals surface area (Å²) in [7, 11) is 1.64. The number of methoxy groups -OCH3 is 1. The van der Waals surface area contributed by atoms with E-state index in [-0.39, 0.29) is 5.69 Å². The highest BCUT2D eigenvalue weighted by Crippen LogP contribution is 2.24. The molecule has 0 unspecified atom stereocenters. The zero-order valence-electron chi connectivity index (χ0n) is 48.6. The second kappa shape index (κ2) is 38.5. The summed E-state index contributed by atoms with van der Waals surface area (Å²) in [5.74, 6) is 0.845. The number of halogens is 4. The Morgan fingerprint density at radius 2 is 0.873 bits per heavy atom. The van der Waals surface area contributed by atoms with Crippen LogP contribution < -0.4 is 4.74 Å². The zero-order chi connectivity index (χ0) is 59.6. The van der Waals surface area contributed by atoms with E-state index in [1.807, 2.05) is 146 Å². The van der Waals surface area contributed by atoms with E-state index in [0.717, 1.165) is 60.0 Å². The Morgan fingerprint density at radius 3 is 1.18 bits per heavy atom. The van der Waals surface area contributed by atoms with Gasteiger partial charge in [0.2, 0.25) is 0 Å². The molecule has 0 atom stereocenters. The fourth-order valence-electron chi connectivity index (χ4n) is 5.69. The molecular formula is C63H75BrCl3N9O3. The summed E-state index contributed by atoms with van der Waals surface area (Å²) in [5.41, 5.74) is 18.1. The second-order valence-electron chi connectivity index (χ2n) is 17.7. The summed E-state index contributed by atoms with van der Waals surface area (Å²) in [6, 6.07) is 27.8. The van der Waals surface area contributed by atoms with Gasteiger partial charge in [0.15, 0.2) is 0 Å². The average Bonchev–Trinajstić information content (AvgIpc) is 3.43. The van der Waals surface area contributed by atoms with E-state index >= 15 is 0 Å². The van der Waals surface area contributed by atoms with Crippen LogP contribution in [-0.4, -0.2) is 51.9 Å². The molecule has 8 aromatic heterocycles. The smallest absolute Gasteiger partial charge is 0.290 e. The van der Waals surface area contributed by atoms with E-state index in [4.69, 9.17) is 39.5 Å². The molecular weight excluding hydrogens is 1120 g/mol. The Kier molecular flexibility index (Phi) is 34.1. The quantitative estimate of drug-likeness (QED) is 0.120. The Balaban J connectivity index is 0.000000445. The van der Waals surface area contributed by atoms with E-state index in [0.29, 0.717) is 10.7 Å². The maximum absolute atomic E-state index is 10.2. The normalized spacial score (nSPS) is 9.43. The summed E-state index contributed by atoms with van der Waals surface area (Å²) in [6.07, 6.45) is 16.0. The van der Waals surface area contributed by atoms with Gasteiger partial charge in [-0.05, 0) is 244 Å². The van der Waals surface area contributed by atoms with Crippen molar-refractivity contribution >= 4 is 56.4 Å². The minimum Gasteiger partial charge on any atom is -0.495 e. The van der Waals surface area contributed by atoms with Crippen molar-refractivity contribution in [1.82, 2.24) is 39.9 Å². The van der Waals surface area contributed by atoms with Crippen LogP contribution in [0.5, 0.6) is 5.75 Å². The summed E-state index contributed by atoms with van der Waals surface area (Å²) < 4.78 is 6.12. The molecule has 9 rings (SSSR count). The number of aryl methyl sites for hydroxylation is 14. The Bertz CT molecular complexity index is 2870. The van der Waals surface area contributed by atoms with Crippen molar-refractivity contribution in [2.45, 2.75) is 111 Å². The van der Waals surface area contributed by atoms with Crippen LogP contribution in [0.15, 0.2) is 151 Å². The number of pyridine rings is 8. The maximum atomic E-state index is 10.2. The molecule has 9 aromatic rings. The van der Waals surface area contributed by atoms with E-state index in [1.165, 1.54) is 56.8 Å². The van der Waals surface area contributed by atoms with Gasteiger partial charge in [-0.2, -0.15) is 0 Å². The molecule has 12 nitrogen and oxygen atoms in total. The number of nitro groups is 1. The van der Waals surface area contributed by atoms with Gasteiger partial charge in [0.05, 0.1) is 34.1 Å². The van der Waals surface area contributed by atoms with E-state index in [2.05, 4.69) is 123 Å². The average molecular weight is 1190 g/mol. The number of aromatic nitrogens is 8. The third kappa shape index (κ3) is 28.4. The lowest BCUT2D eigenvalue weighted by molar-refractivity contribution is -0.385. The lowest BCUT2D eigenvalue weighted by Gasteiger charge is -2.08. The molecule has 0 saturated heterocycles. The monoisotopic (exact) mass is 1190 g/mol. The predicted molar refractivity (Wildman–Crippen MR) is 332 cm³/mol. The van der Waals surface area contributed by atoms with Crippen LogP contribution in [0.2, 0.25) is 15.1 Å². The largest absolute Gasteiger partial charge is 0.495 e. The van der Waals surface area contributed by atoms with Crippen molar-refractivity contribution in [2.75, 3.05) is 7.11 Å². The van der Waals surface area contributed by atoms with Gasteiger partial charge in [-0.3, -0.25) is 50.0 Å². The van der Waals surface area contributed by atoms with Gasteiger partial charge in [0.25, 0.3) is 5.69 Å². The molecule has 0 aliphatic carbocycles. The minimum atomic E-state index is -0.442. The molecule has 0 radical (unpaired) electrons. The molecule has 0 spiro atoms. The van der Waals surface area contributed by atoms with Crippen LogP contribution in [-0.2, 0) is 0 Å². The highest BCUT2D eigenvalue weighted by atomic mass is 79.9. The Labute approximate surface area is 492 Å². The van der Waals surface area contributed by atoms with Gasteiger partial charge < -0.3 is 4.74 Å². The Hall–Kier alpha value is -7.03. The lowest BCUT2D eigenvalue weighted by atomic mass is 10.1. The molecule has 0 N–H and O–H groups in total. The third-order valence-corrected chi connectivity index (χ3v) is 13.9. The predicted octanol–water partition coefficient (Wildman–Crippen LogP) is 17.9. The van der Waals surface area contributed by atoms with Crippen LogP contribution in [0.25, 0.3) is 0 Å². The third-order valence-electron chi connectivity index (χ3n) is 11.7. The fourth-order valence-corrected chi connectivity index (χ4v) is 6.61. The molecule has 79 heavy (non-hydrogen) atoms. The molecule has 0 amide bonds. The number of hydrogen-bond donors (Lipinski definition) is 0. The Morgan fingerprint density at radius 1 is 0.430 bits per heavy atom. The van der Waals surface area contributed by atoms with Crippen LogP contribution in [0.4, 0.5) is 5.69 Å². The first-order valence-electron chi connectivity index (χ1n) is 24.9. The van der Waals surface area contributed by atoms with Gasteiger partial charge >= 0.3 is 0 Å². The second-order valence-corrected chi connectivity index (χ2v) is 19.7. The first kappa shape index (κ1) is 70.0. The molecule has 0 saturated carbocycles. The molecule has 418 valence electrons. The number of ether oxygens (including phenoxy) is 1. The minimum absolute atomic E-state index is 0.0718. The SMILES string of the molecule is COc1cccnc1C.Cc1ccc(Cl)cc1Cl.Cc1cccnc1C.Cc1cccnc1C.Cc1ccncc1C.Cc1ccncc1C.Cc1nc(C)c(Br)c(C)c1C.Cc1ncccc1Cl.Cc1ncccc1[N+](=O)[O-]. The number of benzene rings is 1. The van der Waals surface area contributed by atoms with Gasteiger partial charge in [0, 0.05) is 93.4 Å². The van der Waals surface area contributed by atoms with Crippen molar-refractivity contribution in [3.8, 4) is 5.75 Å². The van der Waals surface area contributed by atoms with Crippen molar-refractivity contribution in [3.63, 3.8) is 0 Å². The topological polar surface area (TPSA) is 155 Å². The van der Waals surface area contributed by atoms with Crippen molar-refractivity contribution in [1.29, 1.82) is 0 Å². The molecule has 0 bridgehead atoms. The number of nitrogens with zero attached hydrogens (tertiary/aromatic N) is 9. The standard InChI is InChI=1S/C9H12BrN.C7H6Cl2.C7H9NO.4C7H9N.C6H6ClN.C6H6N2O2/c1-5-6(2)9(10)8(4)11-7(5)3;1-5-2-3-6(8)4-7(5)9;1-6-7(9-2)4-3-5-8-6;2*1-6-3-4-8-5-7(6)2;2*1-6-4-3-5-8-7(6)2;1-5-6(7)3-2-4-8-5;1-5-6(8(9)10)3-2-4-7-5/h1-4H3;2-4H,1H3;3-5H,1-2H3;4*3-5H,1-2H3;2-4H,1H3;2-4H,1H3. The molecule has 8 heterocycles. The summed E-state index contributed by atoms with van der Waals surface area (Å²) in [4.78, 5) is 41.9. The molecule has 0 aliphatic rings. The molecule has 0 fully saturated rings. The number of hydrogen-bond acceptors (Lipinski definition) is 11. The van der Waals surface area contributed by atoms with Crippen molar-refractivity contribution in [3.05, 3.63) is 266 Å². The van der Waals surface area contributed by atoms with Crippen molar-refractivity contribution < 1.29 is 9.66 Å².